The second-order valence-corrected chi connectivity index (χ2v) is 3.19. The highest BCUT2D eigenvalue weighted by atomic mass is 19.1. The second kappa shape index (κ2) is 4.23. The Morgan fingerprint density at radius 1 is 1.54 bits per heavy atom. The largest absolute Gasteiger partial charge is 0.505 e. The van der Waals surface area contributed by atoms with Crippen LogP contribution < -0.4 is 5.73 Å². The molecular weight excluding hydrogens is 169 g/mol. The minimum Gasteiger partial charge on any atom is -0.505 e. The van der Waals surface area contributed by atoms with Crippen LogP contribution in [0.4, 0.5) is 4.39 Å². The molecule has 0 aromatic heterocycles. The highest BCUT2D eigenvalue weighted by molar-refractivity contribution is 5.30. The Labute approximate surface area is 77.2 Å². The van der Waals surface area contributed by atoms with Crippen molar-refractivity contribution in [1.29, 1.82) is 0 Å². The molecule has 1 atom stereocenters. The van der Waals surface area contributed by atoms with Crippen molar-refractivity contribution in [2.24, 2.45) is 5.73 Å². The van der Waals surface area contributed by atoms with Crippen LogP contribution >= 0.6 is 0 Å². The van der Waals surface area contributed by atoms with E-state index in [4.69, 9.17) is 10.8 Å². The maximum atomic E-state index is 12.7. The van der Waals surface area contributed by atoms with Crippen molar-refractivity contribution in [3.05, 3.63) is 29.6 Å². The van der Waals surface area contributed by atoms with Gasteiger partial charge in [-0.05, 0) is 36.6 Å². The lowest BCUT2D eigenvalue weighted by atomic mass is 9.98. The highest BCUT2D eigenvalue weighted by Crippen LogP contribution is 2.24. The number of benzene rings is 1. The summed E-state index contributed by atoms with van der Waals surface area (Å²) in [6.07, 6.45) is 0.838. The van der Waals surface area contributed by atoms with Crippen LogP contribution in [-0.4, -0.2) is 11.7 Å². The minimum absolute atomic E-state index is 0.261. The molecule has 0 bridgehead atoms. The lowest BCUT2D eigenvalue weighted by Crippen LogP contribution is -2.04. The first-order chi connectivity index (χ1) is 6.15. The maximum Gasteiger partial charge on any atom is 0.164 e. The summed E-state index contributed by atoms with van der Waals surface area (Å²) in [5.74, 6) is -0.610. The van der Waals surface area contributed by atoms with Crippen molar-refractivity contribution in [3.63, 3.8) is 0 Å². The van der Waals surface area contributed by atoms with Gasteiger partial charge in [0.05, 0.1) is 0 Å². The van der Waals surface area contributed by atoms with Gasteiger partial charge in [0.25, 0.3) is 0 Å². The third-order valence-electron chi connectivity index (χ3n) is 2.14. The molecule has 0 amide bonds. The van der Waals surface area contributed by atoms with E-state index in [1.54, 1.807) is 6.07 Å². The summed E-state index contributed by atoms with van der Waals surface area (Å²) >= 11 is 0. The van der Waals surface area contributed by atoms with E-state index in [1.807, 2.05) is 6.92 Å². The number of nitrogens with two attached hydrogens (primary N) is 1. The summed E-state index contributed by atoms with van der Waals surface area (Å²) in [6.45, 7) is 2.60. The molecule has 0 spiro atoms. The van der Waals surface area contributed by atoms with Gasteiger partial charge in [-0.3, -0.25) is 0 Å². The van der Waals surface area contributed by atoms with E-state index in [0.717, 1.165) is 12.0 Å². The molecule has 3 heteroatoms. The summed E-state index contributed by atoms with van der Waals surface area (Å²) in [5, 5.41) is 9.11. The summed E-state index contributed by atoms with van der Waals surface area (Å²) in [4.78, 5) is 0. The number of hydrogen-bond donors (Lipinski definition) is 2. The fourth-order valence-corrected chi connectivity index (χ4v) is 1.25. The van der Waals surface area contributed by atoms with Gasteiger partial charge in [0.1, 0.15) is 0 Å². The molecule has 2 nitrogen and oxygen atoms in total. The summed E-state index contributed by atoms with van der Waals surface area (Å²) in [6, 6.07) is 4.41. The number of phenols is 1. The van der Waals surface area contributed by atoms with Gasteiger partial charge >= 0.3 is 0 Å². The van der Waals surface area contributed by atoms with Gasteiger partial charge in [0, 0.05) is 0 Å². The summed E-state index contributed by atoms with van der Waals surface area (Å²) in [5.41, 5.74) is 6.32. The van der Waals surface area contributed by atoms with E-state index in [2.05, 4.69) is 0 Å². The first kappa shape index (κ1) is 9.99. The van der Waals surface area contributed by atoms with Crippen LogP contribution in [0.15, 0.2) is 18.2 Å². The van der Waals surface area contributed by atoms with Gasteiger partial charge in [-0.1, -0.05) is 13.0 Å². The molecule has 13 heavy (non-hydrogen) atoms. The van der Waals surface area contributed by atoms with E-state index in [1.165, 1.54) is 12.1 Å². The molecule has 72 valence electrons. The van der Waals surface area contributed by atoms with E-state index in [9.17, 15) is 4.39 Å². The number of halogens is 1. The molecule has 0 radical (unpaired) electrons. The fraction of sp³-hybridized carbons (Fsp3) is 0.400. The smallest absolute Gasteiger partial charge is 0.164 e. The molecule has 0 saturated carbocycles. The van der Waals surface area contributed by atoms with Crippen LogP contribution in [-0.2, 0) is 0 Å². The predicted molar refractivity (Wildman–Crippen MR) is 50.2 cm³/mol. The van der Waals surface area contributed by atoms with Gasteiger partial charge < -0.3 is 10.8 Å². The molecule has 1 unspecified atom stereocenters. The quantitative estimate of drug-likeness (QED) is 0.752. The minimum atomic E-state index is -0.580. The molecule has 1 aromatic rings. The van der Waals surface area contributed by atoms with Crippen LogP contribution in [0.1, 0.15) is 24.8 Å². The Bertz CT molecular complexity index is 288. The summed E-state index contributed by atoms with van der Waals surface area (Å²) < 4.78 is 12.7. The summed E-state index contributed by atoms with van der Waals surface area (Å²) in [7, 11) is 0. The number of phenolic OH excluding ortho intramolecular Hbond substituents is 1. The lowest BCUT2D eigenvalue weighted by Gasteiger charge is -2.10. The van der Waals surface area contributed by atoms with Gasteiger partial charge in [0.2, 0.25) is 0 Å². The monoisotopic (exact) mass is 183 g/mol. The Morgan fingerprint density at radius 3 is 2.77 bits per heavy atom. The Morgan fingerprint density at radius 2 is 2.23 bits per heavy atom. The van der Waals surface area contributed by atoms with Crippen LogP contribution in [0, 0.1) is 5.82 Å². The SMILES string of the molecule is CC(CCN)c1ccc(F)c(O)c1. The number of aromatic hydroxyl groups is 1. The third-order valence-corrected chi connectivity index (χ3v) is 2.14. The van der Waals surface area contributed by atoms with Crippen molar-refractivity contribution in [3.8, 4) is 5.75 Å². The molecular formula is C10H14FNO. The van der Waals surface area contributed by atoms with E-state index >= 15 is 0 Å². The van der Waals surface area contributed by atoms with Crippen molar-refractivity contribution >= 4 is 0 Å². The van der Waals surface area contributed by atoms with E-state index < -0.39 is 5.82 Å². The predicted octanol–water partition coefficient (Wildman–Crippen LogP) is 1.98. The number of rotatable bonds is 3. The normalized spacial score (nSPS) is 12.8. The third kappa shape index (κ3) is 2.42. The van der Waals surface area contributed by atoms with Gasteiger partial charge in [-0.2, -0.15) is 0 Å². The second-order valence-electron chi connectivity index (χ2n) is 3.19. The zero-order chi connectivity index (χ0) is 9.84. The molecule has 0 heterocycles. The van der Waals surface area contributed by atoms with Gasteiger partial charge in [0.15, 0.2) is 11.6 Å². The molecule has 0 aliphatic carbocycles. The van der Waals surface area contributed by atoms with E-state index in [0.29, 0.717) is 6.54 Å². The molecule has 0 fully saturated rings. The molecule has 0 aliphatic heterocycles. The topological polar surface area (TPSA) is 46.2 Å². The van der Waals surface area contributed by atoms with Crippen molar-refractivity contribution in [2.45, 2.75) is 19.3 Å². The van der Waals surface area contributed by atoms with Crippen molar-refractivity contribution < 1.29 is 9.50 Å². The standard InChI is InChI=1S/C10H14FNO/c1-7(4-5-12)8-2-3-9(11)10(13)6-8/h2-3,6-7,13H,4-5,12H2,1H3. The Hall–Kier alpha value is -1.09. The fourth-order valence-electron chi connectivity index (χ4n) is 1.25. The zero-order valence-electron chi connectivity index (χ0n) is 7.63. The van der Waals surface area contributed by atoms with Crippen molar-refractivity contribution in [1.82, 2.24) is 0 Å². The molecule has 1 rings (SSSR count). The first-order valence-electron chi connectivity index (χ1n) is 4.33. The lowest BCUT2D eigenvalue weighted by molar-refractivity contribution is 0.430. The molecule has 0 aliphatic rings. The molecule has 3 N–H and O–H groups in total. The van der Waals surface area contributed by atoms with Crippen LogP contribution in [0.5, 0.6) is 5.75 Å². The van der Waals surface area contributed by atoms with E-state index in [-0.39, 0.29) is 11.7 Å². The van der Waals surface area contributed by atoms with Crippen LogP contribution in [0.2, 0.25) is 0 Å². The Kier molecular flexibility index (Phi) is 3.25. The molecule has 0 saturated heterocycles. The maximum absolute atomic E-state index is 12.7. The zero-order valence-corrected chi connectivity index (χ0v) is 7.63. The Balaban J connectivity index is 2.84. The highest BCUT2D eigenvalue weighted by Gasteiger charge is 2.07. The average molecular weight is 183 g/mol. The van der Waals surface area contributed by atoms with Crippen molar-refractivity contribution in [2.75, 3.05) is 6.54 Å². The van der Waals surface area contributed by atoms with Crippen LogP contribution in [0.3, 0.4) is 0 Å². The van der Waals surface area contributed by atoms with Gasteiger partial charge in [-0.25, -0.2) is 4.39 Å². The average Bonchev–Trinajstić information content (AvgIpc) is 2.10. The van der Waals surface area contributed by atoms with Crippen LogP contribution in [0.25, 0.3) is 0 Å². The first-order valence-corrected chi connectivity index (χ1v) is 4.33. The van der Waals surface area contributed by atoms with Gasteiger partial charge in [-0.15, -0.1) is 0 Å². The molecule has 1 aromatic carbocycles. The number of hydrogen-bond acceptors (Lipinski definition) is 2.